The number of methoxy groups -OCH3 is 1. The number of ether oxygens (including phenoxy) is 3. The minimum atomic E-state index is -0.966. The quantitative estimate of drug-likeness (QED) is 0.338. The van der Waals surface area contributed by atoms with Gasteiger partial charge in [-0.2, -0.15) is 0 Å². The highest BCUT2D eigenvalue weighted by atomic mass is 16.7. The Bertz CT molecular complexity index is 1210. The highest BCUT2D eigenvalue weighted by Gasteiger charge is 2.44. The molecule has 10 heteroatoms. The lowest BCUT2D eigenvalue weighted by molar-refractivity contribution is -0.244. The fraction of sp³-hybridized carbons (Fsp3) is 0.440. The lowest BCUT2D eigenvalue weighted by atomic mass is 9.76. The molecule has 6 atom stereocenters. The van der Waals surface area contributed by atoms with Crippen molar-refractivity contribution in [1.82, 2.24) is 0 Å². The SMILES string of the molecule is COc1cccc2c1C(=O)c1c(O)c3c(c(O)c1C2=O)C[C@@H](O)C[C@@H]3O[C@H]1C[C@H](N)[C@H](O)[C@H](C)O1. The molecule has 0 saturated carbocycles. The predicted octanol–water partition coefficient (Wildman–Crippen LogP) is 1.07. The number of phenols is 2. The van der Waals surface area contributed by atoms with Gasteiger partial charge in [0.15, 0.2) is 12.1 Å². The molecule has 1 saturated heterocycles. The first-order valence-electron chi connectivity index (χ1n) is 11.4. The van der Waals surface area contributed by atoms with Crippen molar-refractivity contribution < 1.29 is 44.2 Å². The summed E-state index contributed by atoms with van der Waals surface area (Å²) in [6.45, 7) is 1.65. The molecule has 2 aliphatic carbocycles. The van der Waals surface area contributed by atoms with Crippen LogP contribution in [0.2, 0.25) is 0 Å². The summed E-state index contributed by atoms with van der Waals surface area (Å²) in [5.74, 6) is -2.10. The first-order valence-corrected chi connectivity index (χ1v) is 11.4. The van der Waals surface area contributed by atoms with Crippen LogP contribution in [0, 0.1) is 0 Å². The Balaban J connectivity index is 1.62. The number of benzene rings is 2. The molecule has 1 aliphatic heterocycles. The number of carbonyl (C=O) groups excluding carboxylic acids is 2. The molecule has 6 N–H and O–H groups in total. The van der Waals surface area contributed by atoms with Crippen LogP contribution in [-0.4, -0.2) is 69.7 Å². The van der Waals surface area contributed by atoms with Crippen LogP contribution in [0.15, 0.2) is 18.2 Å². The van der Waals surface area contributed by atoms with E-state index in [2.05, 4.69) is 0 Å². The van der Waals surface area contributed by atoms with Crippen molar-refractivity contribution in [1.29, 1.82) is 0 Å². The molecule has 1 heterocycles. The van der Waals surface area contributed by atoms with Crippen molar-refractivity contribution in [2.75, 3.05) is 7.11 Å². The number of rotatable bonds is 3. The molecule has 35 heavy (non-hydrogen) atoms. The summed E-state index contributed by atoms with van der Waals surface area (Å²) in [7, 11) is 1.37. The van der Waals surface area contributed by atoms with E-state index in [9.17, 15) is 30.0 Å². The van der Waals surface area contributed by atoms with Crippen molar-refractivity contribution in [3.63, 3.8) is 0 Å². The summed E-state index contributed by atoms with van der Waals surface area (Å²) in [5, 5.41) is 43.0. The molecule has 0 unspecified atom stereocenters. The van der Waals surface area contributed by atoms with Crippen LogP contribution in [0.3, 0.4) is 0 Å². The number of phenolic OH excluding ortho intramolecular Hbond substituents is 2. The molecule has 3 aliphatic rings. The number of ketones is 2. The molecule has 1 fully saturated rings. The Labute approximate surface area is 200 Å². The first kappa shape index (κ1) is 23.7. The Morgan fingerprint density at radius 3 is 2.43 bits per heavy atom. The van der Waals surface area contributed by atoms with E-state index in [0.29, 0.717) is 0 Å². The Morgan fingerprint density at radius 1 is 1.03 bits per heavy atom. The minimum absolute atomic E-state index is 0.000127. The summed E-state index contributed by atoms with van der Waals surface area (Å²) in [6.07, 6.45) is -4.09. The third-order valence-corrected chi connectivity index (χ3v) is 7.08. The van der Waals surface area contributed by atoms with Crippen LogP contribution in [-0.2, 0) is 15.9 Å². The third-order valence-electron chi connectivity index (χ3n) is 7.08. The maximum atomic E-state index is 13.5. The second kappa shape index (κ2) is 8.58. The number of aromatic hydroxyl groups is 2. The molecular weight excluding hydrogens is 458 g/mol. The zero-order valence-electron chi connectivity index (χ0n) is 19.2. The summed E-state index contributed by atoms with van der Waals surface area (Å²) in [5.41, 5.74) is 5.64. The zero-order valence-corrected chi connectivity index (χ0v) is 19.2. The van der Waals surface area contributed by atoms with E-state index >= 15 is 0 Å². The summed E-state index contributed by atoms with van der Waals surface area (Å²) in [4.78, 5) is 26.8. The van der Waals surface area contributed by atoms with Gasteiger partial charge in [0, 0.05) is 42.0 Å². The zero-order chi connectivity index (χ0) is 25.2. The largest absolute Gasteiger partial charge is 0.507 e. The molecule has 186 valence electrons. The lowest BCUT2D eigenvalue weighted by Crippen LogP contribution is -2.52. The molecule has 10 nitrogen and oxygen atoms in total. The van der Waals surface area contributed by atoms with E-state index < -0.39 is 59.8 Å². The molecular formula is C25H27NO9. The van der Waals surface area contributed by atoms with Gasteiger partial charge in [0.2, 0.25) is 5.78 Å². The van der Waals surface area contributed by atoms with Crippen LogP contribution in [0.5, 0.6) is 17.2 Å². The second-order valence-electron chi connectivity index (χ2n) is 9.26. The summed E-state index contributed by atoms with van der Waals surface area (Å²) in [6, 6.07) is 3.94. The molecule has 0 spiro atoms. The molecule has 0 aromatic heterocycles. The van der Waals surface area contributed by atoms with Gasteiger partial charge in [-0.3, -0.25) is 9.59 Å². The van der Waals surface area contributed by atoms with Crippen molar-refractivity contribution in [2.45, 2.75) is 62.9 Å². The van der Waals surface area contributed by atoms with E-state index in [1.807, 2.05) is 0 Å². The monoisotopic (exact) mass is 485 g/mol. The number of hydrogen-bond acceptors (Lipinski definition) is 10. The third kappa shape index (κ3) is 3.60. The Hall–Kier alpha value is -3.02. The van der Waals surface area contributed by atoms with E-state index in [1.165, 1.54) is 19.2 Å². The smallest absolute Gasteiger partial charge is 0.202 e. The van der Waals surface area contributed by atoms with Crippen molar-refractivity contribution in [3.05, 3.63) is 51.6 Å². The molecule has 2 aromatic rings. The van der Waals surface area contributed by atoms with E-state index in [4.69, 9.17) is 19.9 Å². The molecule has 5 rings (SSSR count). The van der Waals surface area contributed by atoms with Gasteiger partial charge in [-0.25, -0.2) is 0 Å². The fourth-order valence-electron chi connectivity index (χ4n) is 5.34. The van der Waals surface area contributed by atoms with Crippen LogP contribution in [0.1, 0.15) is 68.8 Å². The number of carbonyl (C=O) groups is 2. The second-order valence-corrected chi connectivity index (χ2v) is 9.26. The lowest BCUT2D eigenvalue weighted by Gasteiger charge is -2.39. The van der Waals surface area contributed by atoms with Gasteiger partial charge in [0.1, 0.15) is 17.2 Å². The van der Waals surface area contributed by atoms with Gasteiger partial charge in [0.05, 0.1) is 48.2 Å². The Kier molecular flexibility index (Phi) is 5.81. The highest BCUT2D eigenvalue weighted by Crippen LogP contribution is 2.50. The van der Waals surface area contributed by atoms with Crippen LogP contribution in [0.4, 0.5) is 0 Å². The van der Waals surface area contributed by atoms with Gasteiger partial charge in [0.25, 0.3) is 0 Å². The maximum Gasteiger partial charge on any atom is 0.202 e. The normalized spacial score (nSPS) is 29.9. The number of aliphatic hydroxyl groups is 2. The Morgan fingerprint density at radius 2 is 1.74 bits per heavy atom. The van der Waals surface area contributed by atoms with E-state index in [1.54, 1.807) is 13.0 Å². The van der Waals surface area contributed by atoms with Crippen LogP contribution in [0.25, 0.3) is 0 Å². The van der Waals surface area contributed by atoms with Gasteiger partial charge in [-0.1, -0.05) is 12.1 Å². The number of nitrogens with two attached hydrogens (primary N) is 1. The topological polar surface area (TPSA) is 169 Å². The number of hydrogen-bond donors (Lipinski definition) is 5. The molecule has 0 radical (unpaired) electrons. The van der Waals surface area contributed by atoms with Crippen LogP contribution >= 0.6 is 0 Å². The first-order chi connectivity index (χ1) is 16.6. The van der Waals surface area contributed by atoms with E-state index in [-0.39, 0.29) is 58.4 Å². The van der Waals surface area contributed by atoms with Crippen molar-refractivity contribution in [2.24, 2.45) is 5.73 Å². The summed E-state index contributed by atoms with van der Waals surface area (Å²) < 4.78 is 17.0. The van der Waals surface area contributed by atoms with Gasteiger partial charge < -0.3 is 40.4 Å². The minimum Gasteiger partial charge on any atom is -0.507 e. The standard InChI is InChI=1S/C25H27NO9/c1-9-21(28)13(26)8-16(34-9)35-15-7-10(27)6-12-18(15)25(32)20-19(23(12)30)22(29)11-4-3-5-14(33-2)17(11)24(20)31/h3-5,9-10,13,15-16,21,27-28,30,32H,6-8,26H2,1-2H3/t9-,10+,13-,15-,16-,21+/m0/s1. The maximum absolute atomic E-state index is 13.5. The summed E-state index contributed by atoms with van der Waals surface area (Å²) >= 11 is 0. The van der Waals surface area contributed by atoms with Crippen molar-refractivity contribution in [3.8, 4) is 17.2 Å². The van der Waals surface area contributed by atoms with E-state index in [0.717, 1.165) is 0 Å². The molecule has 2 aromatic carbocycles. The van der Waals surface area contributed by atoms with Gasteiger partial charge in [-0.15, -0.1) is 0 Å². The fourth-order valence-corrected chi connectivity index (χ4v) is 5.34. The average molecular weight is 485 g/mol. The molecule has 0 amide bonds. The van der Waals surface area contributed by atoms with Gasteiger partial charge in [-0.05, 0) is 13.0 Å². The average Bonchev–Trinajstić information content (AvgIpc) is 2.82. The molecule has 0 bridgehead atoms. The van der Waals surface area contributed by atoms with Gasteiger partial charge >= 0.3 is 0 Å². The van der Waals surface area contributed by atoms with Crippen LogP contribution < -0.4 is 10.5 Å². The number of aliphatic hydroxyl groups excluding tert-OH is 2. The highest BCUT2D eigenvalue weighted by molar-refractivity contribution is 6.31. The van der Waals surface area contributed by atoms with Crippen molar-refractivity contribution >= 4 is 11.6 Å². The number of fused-ring (bicyclic) bond motifs is 3. The predicted molar refractivity (Wildman–Crippen MR) is 121 cm³/mol.